The maximum Gasteiger partial charge on any atom is 0.310 e. The molecule has 1 N–H and O–H groups in total. The summed E-state index contributed by atoms with van der Waals surface area (Å²) in [4.78, 5) is 12.9. The molecule has 0 radical (unpaired) electrons. The highest BCUT2D eigenvalue weighted by atomic mass is 16.5. The number of carbonyl (C=O) groups is 1. The van der Waals surface area contributed by atoms with Gasteiger partial charge in [0.15, 0.2) is 0 Å². The minimum absolute atomic E-state index is 0.0211. The van der Waals surface area contributed by atoms with Gasteiger partial charge in [0.2, 0.25) is 0 Å². The molecule has 2 aromatic rings. The molecule has 1 aromatic heterocycles. The molecular weight excluding hydrogens is 348 g/mol. The van der Waals surface area contributed by atoms with Crippen molar-refractivity contribution >= 4 is 16.9 Å². The van der Waals surface area contributed by atoms with Gasteiger partial charge in [0, 0.05) is 41.6 Å². The number of hydrogen-bond acceptors (Lipinski definition) is 3. The van der Waals surface area contributed by atoms with E-state index in [4.69, 9.17) is 4.74 Å². The molecule has 2 fully saturated rings. The number of nitrogens with zero attached hydrogens (tertiary/aromatic N) is 1. The number of piperidine rings is 1. The summed E-state index contributed by atoms with van der Waals surface area (Å²) in [5.74, 6) is 0.402. The molecule has 1 aromatic carbocycles. The Bertz CT molecular complexity index is 878. The van der Waals surface area contributed by atoms with E-state index in [1.54, 1.807) is 0 Å². The SMILES string of the molecule is CC(C)n1cc2c3c(cccc31)C1C[C@@H](C(=O)OC3CCCCC3)CN[C@@H]1C2. The molecular formula is C24H32N2O2. The predicted molar refractivity (Wildman–Crippen MR) is 112 cm³/mol. The van der Waals surface area contributed by atoms with Gasteiger partial charge in [0.25, 0.3) is 0 Å². The number of aromatic nitrogens is 1. The zero-order chi connectivity index (χ0) is 19.3. The van der Waals surface area contributed by atoms with Gasteiger partial charge in [0.1, 0.15) is 6.10 Å². The smallest absolute Gasteiger partial charge is 0.310 e. The van der Waals surface area contributed by atoms with E-state index in [0.29, 0.717) is 18.0 Å². The van der Waals surface area contributed by atoms with Crippen molar-refractivity contribution in [2.75, 3.05) is 6.54 Å². The predicted octanol–water partition coefficient (Wildman–Crippen LogP) is 4.72. The van der Waals surface area contributed by atoms with E-state index in [1.807, 2.05) is 0 Å². The maximum absolute atomic E-state index is 12.9. The number of ether oxygens (including phenoxy) is 1. The monoisotopic (exact) mass is 380 g/mol. The number of rotatable bonds is 3. The molecule has 4 heteroatoms. The number of benzene rings is 1. The first-order chi connectivity index (χ1) is 13.6. The maximum atomic E-state index is 12.9. The molecule has 2 aliphatic carbocycles. The van der Waals surface area contributed by atoms with Crippen LogP contribution < -0.4 is 5.32 Å². The number of esters is 1. The van der Waals surface area contributed by atoms with E-state index in [2.05, 4.69) is 48.1 Å². The third-order valence-electron chi connectivity index (χ3n) is 7.18. The quantitative estimate of drug-likeness (QED) is 0.784. The minimum Gasteiger partial charge on any atom is -0.462 e. The Morgan fingerprint density at radius 3 is 2.82 bits per heavy atom. The largest absolute Gasteiger partial charge is 0.462 e. The third kappa shape index (κ3) is 3.06. The Labute approximate surface area is 167 Å². The first-order valence-electron chi connectivity index (χ1n) is 11.2. The van der Waals surface area contributed by atoms with Crippen LogP contribution in [0.4, 0.5) is 0 Å². The molecule has 150 valence electrons. The number of nitrogens with one attached hydrogen (secondary N) is 1. The number of fused-ring (bicyclic) bond motifs is 2. The molecule has 1 unspecified atom stereocenters. The molecule has 3 aliphatic rings. The van der Waals surface area contributed by atoms with Gasteiger partial charge in [-0.1, -0.05) is 18.6 Å². The van der Waals surface area contributed by atoms with Crippen LogP contribution in [-0.4, -0.2) is 29.2 Å². The summed E-state index contributed by atoms with van der Waals surface area (Å²) in [6.07, 6.45) is 10.2. The molecule has 0 spiro atoms. The van der Waals surface area contributed by atoms with Crippen LogP contribution in [0.3, 0.4) is 0 Å². The second-order valence-corrected chi connectivity index (χ2v) is 9.35. The van der Waals surface area contributed by atoms with E-state index in [-0.39, 0.29) is 18.0 Å². The first-order valence-corrected chi connectivity index (χ1v) is 11.2. The summed E-state index contributed by atoms with van der Waals surface area (Å²) in [6, 6.07) is 7.60. The Hall–Kier alpha value is -1.81. The lowest BCUT2D eigenvalue weighted by atomic mass is 9.73. The molecule has 0 amide bonds. The first kappa shape index (κ1) is 18.2. The summed E-state index contributed by atoms with van der Waals surface area (Å²) in [5, 5.41) is 5.13. The van der Waals surface area contributed by atoms with Gasteiger partial charge < -0.3 is 14.6 Å². The average molecular weight is 381 g/mol. The van der Waals surface area contributed by atoms with Crippen molar-refractivity contribution in [2.45, 2.75) is 82.9 Å². The van der Waals surface area contributed by atoms with Crippen molar-refractivity contribution in [2.24, 2.45) is 5.92 Å². The highest BCUT2D eigenvalue weighted by Crippen LogP contribution is 2.43. The summed E-state index contributed by atoms with van der Waals surface area (Å²) in [6.45, 7) is 5.25. The van der Waals surface area contributed by atoms with Gasteiger partial charge >= 0.3 is 5.97 Å². The van der Waals surface area contributed by atoms with Gasteiger partial charge in [-0.25, -0.2) is 0 Å². The minimum atomic E-state index is -0.0211. The number of carbonyl (C=O) groups excluding carboxylic acids is 1. The van der Waals surface area contributed by atoms with Crippen LogP contribution in [0, 0.1) is 5.92 Å². The molecule has 3 atom stereocenters. The second kappa shape index (κ2) is 7.22. The summed E-state index contributed by atoms with van der Waals surface area (Å²) >= 11 is 0. The lowest BCUT2D eigenvalue weighted by Crippen LogP contribution is -2.49. The fourth-order valence-electron chi connectivity index (χ4n) is 5.72. The molecule has 28 heavy (non-hydrogen) atoms. The van der Waals surface area contributed by atoms with E-state index in [1.165, 1.54) is 41.3 Å². The van der Waals surface area contributed by atoms with Crippen LogP contribution in [-0.2, 0) is 16.0 Å². The highest BCUT2D eigenvalue weighted by Gasteiger charge is 2.40. The number of hydrogen-bond donors (Lipinski definition) is 1. The van der Waals surface area contributed by atoms with Gasteiger partial charge in [-0.15, -0.1) is 0 Å². The van der Waals surface area contributed by atoms with Gasteiger partial charge in [-0.3, -0.25) is 4.79 Å². The van der Waals surface area contributed by atoms with Crippen LogP contribution >= 0.6 is 0 Å². The van der Waals surface area contributed by atoms with Crippen molar-refractivity contribution in [3.05, 3.63) is 35.5 Å². The van der Waals surface area contributed by atoms with Gasteiger partial charge in [-0.05, 0) is 69.6 Å². The van der Waals surface area contributed by atoms with Gasteiger partial charge in [0.05, 0.1) is 5.92 Å². The molecule has 0 bridgehead atoms. The Morgan fingerprint density at radius 2 is 2.04 bits per heavy atom. The molecule has 4 nitrogen and oxygen atoms in total. The van der Waals surface area contributed by atoms with Crippen molar-refractivity contribution < 1.29 is 9.53 Å². The normalized spacial score (nSPS) is 27.8. The fourth-order valence-corrected chi connectivity index (χ4v) is 5.72. The van der Waals surface area contributed by atoms with E-state index in [9.17, 15) is 4.79 Å². The van der Waals surface area contributed by atoms with E-state index >= 15 is 0 Å². The molecule has 1 saturated carbocycles. The Balaban J connectivity index is 1.40. The second-order valence-electron chi connectivity index (χ2n) is 9.35. The molecule has 1 aliphatic heterocycles. The highest BCUT2D eigenvalue weighted by molar-refractivity contribution is 5.89. The average Bonchev–Trinajstić information content (AvgIpc) is 3.09. The van der Waals surface area contributed by atoms with Crippen molar-refractivity contribution in [1.82, 2.24) is 9.88 Å². The van der Waals surface area contributed by atoms with Crippen LogP contribution in [0.15, 0.2) is 24.4 Å². The van der Waals surface area contributed by atoms with Crippen LogP contribution in [0.2, 0.25) is 0 Å². The molecule has 1 saturated heterocycles. The van der Waals surface area contributed by atoms with Crippen LogP contribution in [0.1, 0.15) is 75.5 Å². The van der Waals surface area contributed by atoms with Crippen LogP contribution in [0.25, 0.3) is 10.9 Å². The Morgan fingerprint density at radius 1 is 1.21 bits per heavy atom. The summed E-state index contributed by atoms with van der Waals surface area (Å²) < 4.78 is 8.31. The standard InChI is InChI=1S/C24H32N2O2/c1-15(2)26-14-17-12-21-20(19-9-6-10-22(26)23(17)19)11-16(13-25-21)24(27)28-18-7-4-3-5-8-18/h6,9-10,14-16,18,20-21,25H,3-5,7-8,11-13H2,1-2H3/t16-,20?,21-/m1/s1. The van der Waals surface area contributed by atoms with Crippen molar-refractivity contribution in [3.63, 3.8) is 0 Å². The Kier molecular flexibility index (Phi) is 4.70. The molecule has 2 heterocycles. The van der Waals surface area contributed by atoms with E-state index in [0.717, 1.165) is 32.2 Å². The lowest BCUT2D eigenvalue weighted by molar-refractivity contribution is -0.156. The zero-order valence-corrected chi connectivity index (χ0v) is 17.1. The van der Waals surface area contributed by atoms with E-state index < -0.39 is 0 Å². The topological polar surface area (TPSA) is 43.3 Å². The third-order valence-corrected chi connectivity index (χ3v) is 7.18. The van der Waals surface area contributed by atoms with Crippen molar-refractivity contribution in [1.29, 1.82) is 0 Å². The lowest BCUT2D eigenvalue weighted by Gasteiger charge is -2.40. The van der Waals surface area contributed by atoms with Crippen LogP contribution in [0.5, 0.6) is 0 Å². The summed E-state index contributed by atoms with van der Waals surface area (Å²) in [5.41, 5.74) is 4.22. The summed E-state index contributed by atoms with van der Waals surface area (Å²) in [7, 11) is 0. The zero-order valence-electron chi connectivity index (χ0n) is 17.1. The van der Waals surface area contributed by atoms with Crippen molar-refractivity contribution in [3.8, 4) is 0 Å². The molecule has 5 rings (SSSR count). The van der Waals surface area contributed by atoms with Gasteiger partial charge in [-0.2, -0.15) is 0 Å². The fraction of sp³-hybridized carbons (Fsp3) is 0.625.